The zero-order chi connectivity index (χ0) is 12.8. The van der Waals surface area contributed by atoms with Crippen LogP contribution in [0.25, 0.3) is 0 Å². The molecule has 0 spiro atoms. The summed E-state index contributed by atoms with van der Waals surface area (Å²) >= 11 is 0. The maximum atomic E-state index is 11.6. The van der Waals surface area contributed by atoms with E-state index < -0.39 is 0 Å². The van der Waals surface area contributed by atoms with E-state index in [-0.39, 0.29) is 12.0 Å². The molecular weight excluding hydrogens is 232 g/mol. The molecule has 1 aromatic heterocycles. The van der Waals surface area contributed by atoms with Crippen LogP contribution in [-0.2, 0) is 11.3 Å². The van der Waals surface area contributed by atoms with Crippen LogP contribution in [0.1, 0.15) is 32.1 Å². The first-order valence-electron chi connectivity index (χ1n) is 6.53. The summed E-state index contributed by atoms with van der Waals surface area (Å²) < 4.78 is 1.65. The quantitative estimate of drug-likeness (QED) is 0.791. The number of aromatic nitrogens is 3. The van der Waals surface area contributed by atoms with Crippen molar-refractivity contribution in [3.8, 4) is 0 Å². The van der Waals surface area contributed by atoms with Crippen molar-refractivity contribution in [3.05, 3.63) is 12.4 Å². The van der Waals surface area contributed by atoms with Gasteiger partial charge in [0.1, 0.15) is 0 Å². The number of nitrogens with one attached hydrogen (secondary N) is 1. The Morgan fingerprint density at radius 3 is 2.83 bits per heavy atom. The molecule has 0 aliphatic heterocycles. The van der Waals surface area contributed by atoms with Gasteiger partial charge in [0.15, 0.2) is 0 Å². The average molecular weight is 252 g/mol. The van der Waals surface area contributed by atoms with Crippen molar-refractivity contribution in [1.29, 1.82) is 0 Å². The lowest BCUT2D eigenvalue weighted by molar-refractivity contribution is -0.121. The van der Waals surface area contributed by atoms with E-state index in [4.69, 9.17) is 0 Å². The second kappa shape index (κ2) is 6.49. The molecule has 0 saturated heterocycles. The van der Waals surface area contributed by atoms with Crippen molar-refractivity contribution >= 4 is 5.91 Å². The molecule has 1 aliphatic carbocycles. The SMILES string of the molecule is O=C(CCn1ccnn1)NCC1CCC(O)CC1. The second-order valence-electron chi connectivity index (χ2n) is 4.89. The summed E-state index contributed by atoms with van der Waals surface area (Å²) in [6.07, 6.45) is 7.37. The minimum absolute atomic E-state index is 0.0524. The summed E-state index contributed by atoms with van der Waals surface area (Å²) in [5.41, 5.74) is 0. The summed E-state index contributed by atoms with van der Waals surface area (Å²) in [6, 6.07) is 0. The number of carbonyl (C=O) groups excluding carboxylic acids is 1. The first kappa shape index (κ1) is 13.0. The highest BCUT2D eigenvalue weighted by atomic mass is 16.3. The van der Waals surface area contributed by atoms with Gasteiger partial charge in [0, 0.05) is 19.2 Å². The number of hydrogen-bond acceptors (Lipinski definition) is 4. The summed E-state index contributed by atoms with van der Waals surface area (Å²) in [5, 5.41) is 19.8. The van der Waals surface area contributed by atoms with E-state index >= 15 is 0 Å². The molecule has 0 unspecified atom stereocenters. The van der Waals surface area contributed by atoms with Gasteiger partial charge < -0.3 is 10.4 Å². The molecule has 2 N–H and O–H groups in total. The third kappa shape index (κ3) is 4.10. The van der Waals surface area contributed by atoms with Crippen molar-refractivity contribution in [1.82, 2.24) is 20.3 Å². The number of aliphatic hydroxyl groups is 1. The Hall–Kier alpha value is -1.43. The van der Waals surface area contributed by atoms with Crippen LogP contribution < -0.4 is 5.32 Å². The van der Waals surface area contributed by atoms with E-state index in [0.717, 1.165) is 32.2 Å². The van der Waals surface area contributed by atoms with Gasteiger partial charge >= 0.3 is 0 Å². The fraction of sp³-hybridized carbons (Fsp3) is 0.750. The normalized spacial score (nSPS) is 23.8. The maximum Gasteiger partial charge on any atom is 0.221 e. The van der Waals surface area contributed by atoms with Crippen molar-refractivity contribution < 1.29 is 9.90 Å². The molecule has 18 heavy (non-hydrogen) atoms. The molecule has 0 radical (unpaired) electrons. The number of carbonyl (C=O) groups is 1. The lowest BCUT2D eigenvalue weighted by Crippen LogP contribution is -2.32. The minimum atomic E-state index is -0.135. The highest BCUT2D eigenvalue weighted by Crippen LogP contribution is 2.23. The standard InChI is InChI=1S/C12H20N4O2/c17-11-3-1-10(2-4-11)9-13-12(18)5-7-16-8-6-14-15-16/h6,8,10-11,17H,1-5,7,9H2,(H,13,18). The Morgan fingerprint density at radius 2 is 2.17 bits per heavy atom. The van der Waals surface area contributed by atoms with E-state index in [1.165, 1.54) is 0 Å². The number of aliphatic hydroxyl groups excluding tert-OH is 1. The number of aryl methyl sites for hydroxylation is 1. The van der Waals surface area contributed by atoms with Crippen LogP contribution in [-0.4, -0.2) is 38.7 Å². The average Bonchev–Trinajstić information content (AvgIpc) is 2.89. The summed E-state index contributed by atoms with van der Waals surface area (Å²) in [4.78, 5) is 11.6. The van der Waals surface area contributed by atoms with Crippen LogP contribution in [0.3, 0.4) is 0 Å². The van der Waals surface area contributed by atoms with E-state index in [1.807, 2.05) is 0 Å². The number of hydrogen-bond donors (Lipinski definition) is 2. The van der Waals surface area contributed by atoms with Gasteiger partial charge in [-0.15, -0.1) is 5.10 Å². The van der Waals surface area contributed by atoms with E-state index in [0.29, 0.717) is 18.9 Å². The van der Waals surface area contributed by atoms with Crippen molar-refractivity contribution in [3.63, 3.8) is 0 Å². The van der Waals surface area contributed by atoms with Gasteiger partial charge in [-0.25, -0.2) is 0 Å². The molecule has 6 nitrogen and oxygen atoms in total. The van der Waals surface area contributed by atoms with Gasteiger partial charge in [0.2, 0.25) is 5.91 Å². The highest BCUT2D eigenvalue weighted by molar-refractivity contribution is 5.75. The topological polar surface area (TPSA) is 80.0 Å². The first-order chi connectivity index (χ1) is 8.74. The third-order valence-electron chi connectivity index (χ3n) is 3.44. The van der Waals surface area contributed by atoms with Gasteiger partial charge in [-0.3, -0.25) is 9.48 Å². The van der Waals surface area contributed by atoms with Crippen LogP contribution >= 0.6 is 0 Å². The first-order valence-corrected chi connectivity index (χ1v) is 6.53. The van der Waals surface area contributed by atoms with Crippen molar-refractivity contribution in [2.45, 2.75) is 44.8 Å². The van der Waals surface area contributed by atoms with Gasteiger partial charge in [0.25, 0.3) is 0 Å². The zero-order valence-electron chi connectivity index (χ0n) is 10.5. The summed E-state index contributed by atoms with van der Waals surface area (Å²) in [5.74, 6) is 0.570. The molecule has 0 atom stereocenters. The Bertz CT molecular complexity index is 358. The molecule has 1 fully saturated rings. The maximum absolute atomic E-state index is 11.6. The molecule has 2 rings (SSSR count). The minimum Gasteiger partial charge on any atom is -0.393 e. The smallest absolute Gasteiger partial charge is 0.221 e. The summed E-state index contributed by atoms with van der Waals surface area (Å²) in [6.45, 7) is 1.29. The molecular formula is C12H20N4O2. The zero-order valence-corrected chi connectivity index (χ0v) is 10.5. The fourth-order valence-electron chi connectivity index (χ4n) is 2.26. The molecule has 0 aromatic carbocycles. The van der Waals surface area contributed by atoms with Crippen molar-refractivity contribution in [2.75, 3.05) is 6.54 Å². The molecule has 1 saturated carbocycles. The Balaban J connectivity index is 1.60. The summed E-state index contributed by atoms with van der Waals surface area (Å²) in [7, 11) is 0. The molecule has 1 aromatic rings. The Kier molecular flexibility index (Phi) is 4.69. The Labute approximate surface area is 106 Å². The van der Waals surface area contributed by atoms with E-state index in [9.17, 15) is 9.90 Å². The monoisotopic (exact) mass is 252 g/mol. The number of rotatable bonds is 5. The Morgan fingerprint density at radius 1 is 1.39 bits per heavy atom. The van der Waals surface area contributed by atoms with Crippen LogP contribution in [0.5, 0.6) is 0 Å². The van der Waals surface area contributed by atoms with Crippen LogP contribution in [0, 0.1) is 5.92 Å². The molecule has 6 heteroatoms. The van der Waals surface area contributed by atoms with E-state index in [1.54, 1.807) is 17.1 Å². The molecule has 1 amide bonds. The van der Waals surface area contributed by atoms with Crippen molar-refractivity contribution in [2.24, 2.45) is 5.92 Å². The van der Waals surface area contributed by atoms with Crippen LogP contribution in [0.2, 0.25) is 0 Å². The second-order valence-corrected chi connectivity index (χ2v) is 4.89. The van der Waals surface area contributed by atoms with Gasteiger partial charge in [-0.05, 0) is 31.6 Å². The molecule has 100 valence electrons. The lowest BCUT2D eigenvalue weighted by atomic mass is 9.87. The predicted molar refractivity (Wildman–Crippen MR) is 65.6 cm³/mol. The molecule has 1 heterocycles. The molecule has 1 aliphatic rings. The highest BCUT2D eigenvalue weighted by Gasteiger charge is 2.19. The third-order valence-corrected chi connectivity index (χ3v) is 3.44. The van der Waals surface area contributed by atoms with Crippen LogP contribution in [0.15, 0.2) is 12.4 Å². The number of nitrogens with zero attached hydrogens (tertiary/aromatic N) is 3. The van der Waals surface area contributed by atoms with E-state index in [2.05, 4.69) is 15.6 Å². The fourth-order valence-corrected chi connectivity index (χ4v) is 2.26. The predicted octanol–water partition coefficient (Wildman–Crippen LogP) is 0.335. The molecule has 0 bridgehead atoms. The van der Waals surface area contributed by atoms with Gasteiger partial charge in [-0.1, -0.05) is 5.21 Å². The van der Waals surface area contributed by atoms with Gasteiger partial charge in [-0.2, -0.15) is 0 Å². The van der Waals surface area contributed by atoms with Gasteiger partial charge in [0.05, 0.1) is 18.8 Å². The number of amides is 1. The van der Waals surface area contributed by atoms with Crippen LogP contribution in [0.4, 0.5) is 0 Å². The lowest BCUT2D eigenvalue weighted by Gasteiger charge is -2.25. The largest absolute Gasteiger partial charge is 0.393 e.